The molecule has 1 heterocycles. The standard InChI is InChI=1S/C7H7F3N2O3S.Na/c8-4-7(9,10)15-5-2-1-3-11-6(5)12-16(13)14;/h1-3H,4H2,(H,11,12)(H,13,14);/q;+1/p-1. The number of halogens is 3. The molecule has 1 rings (SSSR count). The molecule has 0 aromatic carbocycles. The Bertz CT molecular complexity index is 396. The van der Waals surface area contributed by atoms with Gasteiger partial charge in [0.2, 0.25) is 0 Å². The Labute approximate surface area is 119 Å². The molecule has 0 radical (unpaired) electrons. The van der Waals surface area contributed by atoms with Crippen LogP contribution >= 0.6 is 0 Å². The molecular formula is C7H6F3N2NaO3S. The minimum atomic E-state index is -4.02. The molecule has 5 nitrogen and oxygen atoms in total. The van der Waals surface area contributed by atoms with Gasteiger partial charge in [-0.15, -0.1) is 0 Å². The van der Waals surface area contributed by atoms with Gasteiger partial charge in [0.05, 0.1) is 0 Å². The fourth-order valence-electron chi connectivity index (χ4n) is 0.817. The number of anilines is 1. The molecule has 0 saturated carbocycles. The van der Waals surface area contributed by atoms with E-state index < -0.39 is 35.6 Å². The molecule has 1 aromatic rings. The number of rotatable bonds is 5. The van der Waals surface area contributed by atoms with Crippen molar-refractivity contribution >= 4 is 17.1 Å². The first-order valence-electron chi connectivity index (χ1n) is 3.88. The second-order valence-electron chi connectivity index (χ2n) is 2.56. The summed E-state index contributed by atoms with van der Waals surface area (Å²) in [6.07, 6.45) is -2.86. The molecule has 0 saturated heterocycles. The van der Waals surface area contributed by atoms with E-state index in [-0.39, 0.29) is 29.6 Å². The zero-order valence-corrected chi connectivity index (χ0v) is 11.5. The van der Waals surface area contributed by atoms with Gasteiger partial charge in [-0.3, -0.25) is 8.93 Å². The van der Waals surface area contributed by atoms with Crippen molar-refractivity contribution < 1.29 is 56.2 Å². The van der Waals surface area contributed by atoms with Gasteiger partial charge >= 0.3 is 35.7 Å². The number of nitrogens with zero attached hydrogens (tertiary/aromatic N) is 1. The fourth-order valence-corrected chi connectivity index (χ4v) is 1.13. The van der Waals surface area contributed by atoms with Crippen LogP contribution in [0.25, 0.3) is 0 Å². The molecule has 0 amide bonds. The van der Waals surface area contributed by atoms with E-state index in [1.807, 2.05) is 0 Å². The first kappa shape index (κ1) is 16.6. The van der Waals surface area contributed by atoms with Crippen LogP contribution in [0.4, 0.5) is 19.0 Å². The molecule has 1 atom stereocenters. The average molecular weight is 278 g/mol. The third-order valence-corrected chi connectivity index (χ3v) is 1.73. The number of hydrogen-bond donors (Lipinski definition) is 1. The molecule has 1 aromatic heterocycles. The number of hydrogen-bond acceptors (Lipinski definition) is 4. The Kier molecular flexibility index (Phi) is 7.02. The number of ether oxygens (including phenoxy) is 1. The largest absolute Gasteiger partial charge is 1.00 e. The summed E-state index contributed by atoms with van der Waals surface area (Å²) in [6, 6.07) is 2.27. The molecule has 0 bridgehead atoms. The van der Waals surface area contributed by atoms with Crippen molar-refractivity contribution in [2.24, 2.45) is 0 Å². The van der Waals surface area contributed by atoms with Gasteiger partial charge in [0.25, 0.3) is 0 Å². The fraction of sp³-hybridized carbons (Fsp3) is 0.286. The van der Waals surface area contributed by atoms with Crippen molar-refractivity contribution in [2.75, 3.05) is 11.4 Å². The van der Waals surface area contributed by atoms with Crippen LogP contribution in [0, 0.1) is 0 Å². The summed E-state index contributed by atoms with van der Waals surface area (Å²) in [5, 5.41) is 0. The molecule has 0 fully saturated rings. The van der Waals surface area contributed by atoms with E-state index in [0.717, 1.165) is 12.3 Å². The molecule has 0 aliphatic heterocycles. The minimum Gasteiger partial charge on any atom is -0.755 e. The second kappa shape index (κ2) is 7.17. The topological polar surface area (TPSA) is 74.3 Å². The normalized spacial score (nSPS) is 12.5. The molecule has 0 spiro atoms. The molecule has 1 unspecified atom stereocenters. The summed E-state index contributed by atoms with van der Waals surface area (Å²) in [5.41, 5.74) is 0. The van der Waals surface area contributed by atoms with E-state index in [1.165, 1.54) is 6.07 Å². The molecular weight excluding hydrogens is 272 g/mol. The Hall–Kier alpha value is -0.350. The zero-order valence-electron chi connectivity index (χ0n) is 8.65. The Morgan fingerprint density at radius 3 is 2.76 bits per heavy atom. The SMILES string of the molecule is O=S([O-])Nc1ncccc1OC(F)(F)CF.[Na+]. The van der Waals surface area contributed by atoms with Gasteiger partial charge < -0.3 is 9.29 Å². The Balaban J connectivity index is 0.00000256. The van der Waals surface area contributed by atoms with E-state index in [0.29, 0.717) is 0 Å². The second-order valence-corrected chi connectivity index (χ2v) is 3.23. The van der Waals surface area contributed by atoms with E-state index in [2.05, 4.69) is 9.72 Å². The summed E-state index contributed by atoms with van der Waals surface area (Å²) >= 11 is -2.74. The first-order valence-corrected chi connectivity index (χ1v) is 4.96. The van der Waals surface area contributed by atoms with Gasteiger partial charge in [0.1, 0.15) is 0 Å². The minimum absolute atomic E-state index is 0. The van der Waals surface area contributed by atoms with Crippen molar-refractivity contribution in [3.63, 3.8) is 0 Å². The Morgan fingerprint density at radius 2 is 2.24 bits per heavy atom. The van der Waals surface area contributed by atoms with Crippen LogP contribution in [0.3, 0.4) is 0 Å². The average Bonchev–Trinajstić information content (AvgIpc) is 2.20. The Morgan fingerprint density at radius 1 is 1.59 bits per heavy atom. The quantitative estimate of drug-likeness (QED) is 0.511. The van der Waals surface area contributed by atoms with Crippen LogP contribution < -0.4 is 39.0 Å². The third-order valence-electron chi connectivity index (χ3n) is 1.37. The third kappa shape index (κ3) is 5.68. The molecule has 0 aliphatic rings. The molecule has 90 valence electrons. The predicted octanol–water partition coefficient (Wildman–Crippen LogP) is -1.77. The summed E-state index contributed by atoms with van der Waals surface area (Å²) in [6.45, 7) is -2.03. The van der Waals surface area contributed by atoms with Gasteiger partial charge in [-0.25, -0.2) is 9.37 Å². The van der Waals surface area contributed by atoms with Gasteiger partial charge in [-0.2, -0.15) is 8.78 Å². The van der Waals surface area contributed by atoms with Crippen molar-refractivity contribution in [3.05, 3.63) is 18.3 Å². The van der Waals surface area contributed by atoms with Crippen LogP contribution in [-0.2, 0) is 11.3 Å². The maximum Gasteiger partial charge on any atom is 1.00 e. The van der Waals surface area contributed by atoms with Crippen molar-refractivity contribution in [1.82, 2.24) is 4.98 Å². The molecule has 1 N–H and O–H groups in total. The van der Waals surface area contributed by atoms with Gasteiger partial charge in [-0.1, -0.05) is 0 Å². The molecule has 10 heteroatoms. The number of alkyl halides is 3. The van der Waals surface area contributed by atoms with Gasteiger partial charge in [0, 0.05) is 17.5 Å². The van der Waals surface area contributed by atoms with Crippen molar-refractivity contribution in [1.29, 1.82) is 0 Å². The first-order chi connectivity index (χ1) is 7.44. The van der Waals surface area contributed by atoms with Crippen LogP contribution in [0.5, 0.6) is 5.75 Å². The molecule has 17 heavy (non-hydrogen) atoms. The van der Waals surface area contributed by atoms with Crippen molar-refractivity contribution in [2.45, 2.75) is 6.11 Å². The van der Waals surface area contributed by atoms with E-state index >= 15 is 0 Å². The van der Waals surface area contributed by atoms with Crippen LogP contribution in [0.2, 0.25) is 0 Å². The predicted molar refractivity (Wildman–Crippen MR) is 48.3 cm³/mol. The number of aromatic nitrogens is 1. The van der Waals surface area contributed by atoms with E-state index in [4.69, 9.17) is 0 Å². The maximum atomic E-state index is 12.5. The van der Waals surface area contributed by atoms with E-state index in [1.54, 1.807) is 4.72 Å². The monoisotopic (exact) mass is 278 g/mol. The summed E-state index contributed by atoms with van der Waals surface area (Å²) in [7, 11) is 0. The summed E-state index contributed by atoms with van der Waals surface area (Å²) in [4.78, 5) is 3.45. The van der Waals surface area contributed by atoms with Crippen LogP contribution in [-0.4, -0.2) is 26.5 Å². The maximum absolute atomic E-state index is 12.5. The van der Waals surface area contributed by atoms with Crippen LogP contribution in [0.1, 0.15) is 0 Å². The van der Waals surface area contributed by atoms with Gasteiger partial charge in [-0.05, 0) is 12.1 Å². The summed E-state index contributed by atoms with van der Waals surface area (Å²) < 4.78 is 63.2. The van der Waals surface area contributed by atoms with Crippen LogP contribution in [0.15, 0.2) is 18.3 Å². The van der Waals surface area contributed by atoms with E-state index in [9.17, 15) is 21.9 Å². The number of nitrogens with one attached hydrogen (secondary N) is 1. The molecule has 0 aliphatic carbocycles. The van der Waals surface area contributed by atoms with Gasteiger partial charge in [0.15, 0.2) is 18.2 Å². The smallest absolute Gasteiger partial charge is 0.755 e. The van der Waals surface area contributed by atoms with Crippen molar-refractivity contribution in [3.8, 4) is 5.75 Å². The number of pyridine rings is 1. The summed E-state index contributed by atoms with van der Waals surface area (Å²) in [5.74, 6) is -1.00. The zero-order chi connectivity index (χ0) is 12.2.